The molecular formula is C15H27NO2. The van der Waals surface area contributed by atoms with Gasteiger partial charge in [-0.15, -0.1) is 0 Å². The van der Waals surface area contributed by atoms with Gasteiger partial charge >= 0.3 is 0 Å². The van der Waals surface area contributed by atoms with E-state index in [-0.39, 0.29) is 5.79 Å². The van der Waals surface area contributed by atoms with Crippen LogP contribution in [0.4, 0.5) is 0 Å². The molecular weight excluding hydrogens is 226 g/mol. The number of likely N-dealkylation sites (tertiary alicyclic amines) is 1. The summed E-state index contributed by atoms with van der Waals surface area (Å²) < 4.78 is 11.6. The molecule has 1 aliphatic carbocycles. The van der Waals surface area contributed by atoms with E-state index < -0.39 is 0 Å². The molecule has 2 heterocycles. The van der Waals surface area contributed by atoms with E-state index in [9.17, 15) is 0 Å². The number of piperidine rings is 1. The average molecular weight is 253 g/mol. The topological polar surface area (TPSA) is 21.7 Å². The van der Waals surface area contributed by atoms with Crippen molar-refractivity contribution in [3.63, 3.8) is 0 Å². The number of hydrogen-bond donors (Lipinski definition) is 0. The van der Waals surface area contributed by atoms with E-state index in [1.165, 1.54) is 45.2 Å². The zero-order valence-electron chi connectivity index (χ0n) is 11.7. The van der Waals surface area contributed by atoms with Gasteiger partial charge in [0.15, 0.2) is 5.79 Å². The van der Waals surface area contributed by atoms with E-state index in [1.807, 2.05) is 0 Å². The first-order valence-electron chi connectivity index (χ1n) is 7.83. The Bertz CT molecular complexity index is 258. The lowest BCUT2D eigenvalue weighted by molar-refractivity contribution is -0.188. The van der Waals surface area contributed by atoms with Crippen LogP contribution < -0.4 is 0 Å². The largest absolute Gasteiger partial charge is 0.347 e. The average Bonchev–Trinajstić information content (AvgIpc) is 2.88. The van der Waals surface area contributed by atoms with Crippen molar-refractivity contribution in [3.05, 3.63) is 0 Å². The van der Waals surface area contributed by atoms with Crippen LogP contribution in [-0.2, 0) is 9.47 Å². The number of hydrogen-bond acceptors (Lipinski definition) is 3. The van der Waals surface area contributed by atoms with E-state index in [4.69, 9.17) is 9.47 Å². The van der Waals surface area contributed by atoms with Crippen molar-refractivity contribution in [2.45, 2.75) is 63.7 Å². The Morgan fingerprint density at radius 3 is 2.17 bits per heavy atom. The molecule has 0 aromatic carbocycles. The molecule has 18 heavy (non-hydrogen) atoms. The first kappa shape index (κ1) is 12.9. The minimum atomic E-state index is -0.197. The summed E-state index contributed by atoms with van der Waals surface area (Å²) in [7, 11) is 0. The summed E-state index contributed by atoms with van der Waals surface area (Å²) in [6.07, 6.45) is 9.21. The molecule has 0 N–H and O–H groups in total. The molecule has 0 aromatic heterocycles. The maximum atomic E-state index is 5.80. The standard InChI is InChI=1S/C15H27NO2/c1-2-13-3-5-14(6-4-13)16-9-7-15(8-10-16)17-11-12-18-15/h13-14H,2-12H2,1H3. The Morgan fingerprint density at radius 1 is 1.00 bits per heavy atom. The fourth-order valence-electron chi connectivity index (χ4n) is 3.93. The summed E-state index contributed by atoms with van der Waals surface area (Å²) in [6.45, 7) is 6.26. The second-order valence-electron chi connectivity index (χ2n) is 6.23. The summed E-state index contributed by atoms with van der Waals surface area (Å²) in [5.74, 6) is 0.802. The first-order valence-corrected chi connectivity index (χ1v) is 7.83. The van der Waals surface area contributed by atoms with Crippen molar-refractivity contribution >= 4 is 0 Å². The number of nitrogens with zero attached hydrogens (tertiary/aromatic N) is 1. The Balaban J connectivity index is 1.48. The van der Waals surface area contributed by atoms with Crippen LogP contribution in [0, 0.1) is 5.92 Å². The van der Waals surface area contributed by atoms with E-state index >= 15 is 0 Å². The van der Waals surface area contributed by atoms with E-state index in [2.05, 4.69) is 11.8 Å². The predicted molar refractivity (Wildman–Crippen MR) is 71.5 cm³/mol. The summed E-state index contributed by atoms with van der Waals surface area (Å²) in [6, 6.07) is 0.839. The lowest BCUT2D eigenvalue weighted by atomic mass is 9.83. The normalized spacial score (nSPS) is 37.2. The summed E-state index contributed by atoms with van der Waals surface area (Å²) in [4.78, 5) is 2.70. The van der Waals surface area contributed by atoms with Crippen LogP contribution in [0.25, 0.3) is 0 Å². The molecule has 3 aliphatic rings. The molecule has 104 valence electrons. The van der Waals surface area contributed by atoms with Crippen molar-refractivity contribution in [1.29, 1.82) is 0 Å². The second-order valence-corrected chi connectivity index (χ2v) is 6.23. The zero-order valence-corrected chi connectivity index (χ0v) is 11.7. The van der Waals surface area contributed by atoms with E-state index in [1.54, 1.807) is 0 Å². The minimum Gasteiger partial charge on any atom is -0.347 e. The molecule has 1 saturated carbocycles. The molecule has 0 radical (unpaired) electrons. The molecule has 0 aromatic rings. The Kier molecular flexibility index (Phi) is 3.92. The van der Waals surface area contributed by atoms with Crippen molar-refractivity contribution in [1.82, 2.24) is 4.90 Å². The quantitative estimate of drug-likeness (QED) is 0.755. The van der Waals surface area contributed by atoms with Crippen molar-refractivity contribution < 1.29 is 9.47 Å². The second kappa shape index (κ2) is 5.48. The van der Waals surface area contributed by atoms with Gasteiger partial charge in [0, 0.05) is 32.0 Å². The predicted octanol–water partition coefficient (Wildman–Crippen LogP) is 2.79. The van der Waals surface area contributed by atoms with E-state index in [0.29, 0.717) is 0 Å². The maximum absolute atomic E-state index is 5.80. The third kappa shape index (κ3) is 2.59. The molecule has 0 atom stereocenters. The van der Waals surface area contributed by atoms with Crippen LogP contribution in [-0.4, -0.2) is 43.0 Å². The lowest BCUT2D eigenvalue weighted by Crippen LogP contribution is -2.49. The fourth-order valence-corrected chi connectivity index (χ4v) is 3.93. The molecule has 1 spiro atoms. The van der Waals surface area contributed by atoms with Gasteiger partial charge in [0.2, 0.25) is 0 Å². The van der Waals surface area contributed by atoms with Gasteiger partial charge in [-0.05, 0) is 31.6 Å². The smallest absolute Gasteiger partial charge is 0.170 e. The molecule has 2 saturated heterocycles. The van der Waals surface area contributed by atoms with Gasteiger partial charge in [-0.1, -0.05) is 13.3 Å². The van der Waals surface area contributed by atoms with Gasteiger partial charge < -0.3 is 9.47 Å². The maximum Gasteiger partial charge on any atom is 0.170 e. The van der Waals surface area contributed by atoms with Crippen molar-refractivity contribution in [2.75, 3.05) is 26.3 Å². The molecule has 3 nitrogen and oxygen atoms in total. The third-order valence-corrected chi connectivity index (χ3v) is 5.28. The number of rotatable bonds is 2. The van der Waals surface area contributed by atoms with Gasteiger partial charge in [0.05, 0.1) is 13.2 Å². The zero-order chi connectivity index (χ0) is 12.4. The number of ether oxygens (including phenoxy) is 2. The van der Waals surface area contributed by atoms with Gasteiger partial charge in [0.1, 0.15) is 0 Å². The third-order valence-electron chi connectivity index (χ3n) is 5.28. The summed E-state index contributed by atoms with van der Waals surface area (Å²) in [5.41, 5.74) is 0. The molecule has 3 rings (SSSR count). The van der Waals surface area contributed by atoms with Crippen LogP contribution in [0.2, 0.25) is 0 Å². The highest BCUT2D eigenvalue weighted by atomic mass is 16.7. The van der Waals surface area contributed by atoms with Crippen molar-refractivity contribution in [3.8, 4) is 0 Å². The Hall–Kier alpha value is -0.120. The molecule has 0 amide bonds. The highest BCUT2D eigenvalue weighted by Crippen LogP contribution is 2.35. The minimum absolute atomic E-state index is 0.197. The highest BCUT2D eigenvalue weighted by molar-refractivity contribution is 4.87. The molecule has 0 bridgehead atoms. The monoisotopic (exact) mass is 253 g/mol. The van der Waals surface area contributed by atoms with Gasteiger partial charge in [0.25, 0.3) is 0 Å². The van der Waals surface area contributed by atoms with Crippen LogP contribution in [0.5, 0.6) is 0 Å². The Labute approximate surface area is 111 Å². The van der Waals surface area contributed by atoms with Crippen LogP contribution in [0.1, 0.15) is 51.9 Å². The first-order chi connectivity index (χ1) is 8.81. The molecule has 3 heteroatoms. The molecule has 2 aliphatic heterocycles. The van der Waals surface area contributed by atoms with Gasteiger partial charge in [-0.3, -0.25) is 4.90 Å². The Morgan fingerprint density at radius 2 is 1.61 bits per heavy atom. The van der Waals surface area contributed by atoms with Crippen LogP contribution in [0.15, 0.2) is 0 Å². The fraction of sp³-hybridized carbons (Fsp3) is 1.00. The van der Waals surface area contributed by atoms with Crippen LogP contribution in [0.3, 0.4) is 0 Å². The summed E-state index contributed by atoms with van der Waals surface area (Å²) in [5, 5.41) is 0. The highest BCUT2D eigenvalue weighted by Gasteiger charge is 2.41. The van der Waals surface area contributed by atoms with E-state index in [0.717, 1.165) is 38.0 Å². The van der Waals surface area contributed by atoms with Crippen LogP contribution >= 0.6 is 0 Å². The van der Waals surface area contributed by atoms with Gasteiger partial charge in [-0.2, -0.15) is 0 Å². The summed E-state index contributed by atoms with van der Waals surface area (Å²) >= 11 is 0. The molecule has 0 unspecified atom stereocenters. The SMILES string of the molecule is CCC1CCC(N2CCC3(CC2)OCCO3)CC1. The lowest BCUT2D eigenvalue weighted by Gasteiger charge is -2.43. The van der Waals surface area contributed by atoms with Gasteiger partial charge in [-0.25, -0.2) is 0 Å². The molecule has 3 fully saturated rings. The van der Waals surface area contributed by atoms with Crippen molar-refractivity contribution in [2.24, 2.45) is 5.92 Å².